The van der Waals surface area contributed by atoms with Gasteiger partial charge in [-0.3, -0.25) is 0 Å². The van der Waals surface area contributed by atoms with Gasteiger partial charge in [0.2, 0.25) is 0 Å². The number of aromatic nitrogens is 2. The van der Waals surface area contributed by atoms with Gasteiger partial charge in [-0.05, 0) is 42.0 Å². The van der Waals surface area contributed by atoms with E-state index in [4.69, 9.17) is 10.5 Å². The summed E-state index contributed by atoms with van der Waals surface area (Å²) < 4.78 is 6.78. The quantitative estimate of drug-likeness (QED) is 0.781. The molecule has 0 atom stereocenters. The molecule has 2 aromatic carbocycles. The zero-order chi connectivity index (χ0) is 14.8. The monoisotopic (exact) mass is 343 g/mol. The van der Waals surface area contributed by atoms with Crippen LogP contribution in [-0.4, -0.2) is 9.97 Å². The van der Waals surface area contributed by atoms with Gasteiger partial charge in [-0.2, -0.15) is 4.98 Å². The SMILES string of the molecule is Cc1nc(Oc2ccc3cc(Br)ccc3c2)ncc1CN. The lowest BCUT2D eigenvalue weighted by Crippen LogP contribution is -2.03. The van der Waals surface area contributed by atoms with Crippen molar-refractivity contribution in [3.05, 3.63) is 58.3 Å². The van der Waals surface area contributed by atoms with Crippen LogP contribution in [0, 0.1) is 6.92 Å². The van der Waals surface area contributed by atoms with Crippen LogP contribution in [0.3, 0.4) is 0 Å². The molecule has 0 saturated carbocycles. The summed E-state index contributed by atoms with van der Waals surface area (Å²) in [5, 5.41) is 2.25. The number of ether oxygens (including phenoxy) is 1. The maximum atomic E-state index is 5.72. The van der Waals surface area contributed by atoms with Crippen molar-refractivity contribution in [1.29, 1.82) is 0 Å². The lowest BCUT2D eigenvalue weighted by molar-refractivity contribution is 0.440. The highest BCUT2D eigenvalue weighted by atomic mass is 79.9. The number of rotatable bonds is 3. The summed E-state index contributed by atoms with van der Waals surface area (Å²) in [5.74, 6) is 0.713. The third kappa shape index (κ3) is 3.04. The van der Waals surface area contributed by atoms with Crippen molar-refractivity contribution < 1.29 is 4.74 Å². The summed E-state index contributed by atoms with van der Waals surface area (Å²) in [6, 6.07) is 12.3. The van der Waals surface area contributed by atoms with Crippen molar-refractivity contribution in [2.45, 2.75) is 13.5 Å². The van der Waals surface area contributed by atoms with Gasteiger partial charge < -0.3 is 10.5 Å². The zero-order valence-electron chi connectivity index (χ0n) is 11.5. The lowest BCUT2D eigenvalue weighted by atomic mass is 10.1. The third-order valence-corrected chi connectivity index (χ3v) is 3.75. The Hall–Kier alpha value is -1.98. The molecule has 3 rings (SSSR count). The highest BCUT2D eigenvalue weighted by Gasteiger charge is 2.05. The van der Waals surface area contributed by atoms with Gasteiger partial charge in [0.15, 0.2) is 0 Å². The molecule has 2 N–H and O–H groups in total. The Morgan fingerprint density at radius 3 is 2.67 bits per heavy atom. The average Bonchev–Trinajstić information content (AvgIpc) is 2.48. The van der Waals surface area contributed by atoms with Gasteiger partial charge in [0, 0.05) is 28.5 Å². The molecular formula is C16H14BrN3O. The molecule has 5 heteroatoms. The summed E-state index contributed by atoms with van der Waals surface area (Å²) in [5.41, 5.74) is 7.37. The van der Waals surface area contributed by atoms with Crippen LogP contribution >= 0.6 is 15.9 Å². The van der Waals surface area contributed by atoms with Crippen LogP contribution in [0.1, 0.15) is 11.3 Å². The van der Waals surface area contributed by atoms with Gasteiger partial charge in [0.05, 0.1) is 0 Å². The minimum absolute atomic E-state index is 0.334. The summed E-state index contributed by atoms with van der Waals surface area (Å²) in [4.78, 5) is 8.49. The number of hydrogen-bond acceptors (Lipinski definition) is 4. The molecule has 21 heavy (non-hydrogen) atoms. The van der Waals surface area contributed by atoms with Gasteiger partial charge in [-0.15, -0.1) is 0 Å². The van der Waals surface area contributed by atoms with Gasteiger partial charge in [-0.25, -0.2) is 4.98 Å². The van der Waals surface area contributed by atoms with E-state index in [0.29, 0.717) is 18.3 Å². The number of nitrogens with two attached hydrogens (primary N) is 1. The minimum Gasteiger partial charge on any atom is -0.424 e. The predicted octanol–water partition coefficient (Wildman–Crippen LogP) is 3.95. The number of nitrogens with zero attached hydrogens (tertiary/aromatic N) is 2. The van der Waals surface area contributed by atoms with E-state index in [2.05, 4.69) is 32.0 Å². The number of benzene rings is 2. The highest BCUT2D eigenvalue weighted by molar-refractivity contribution is 9.10. The van der Waals surface area contributed by atoms with Gasteiger partial charge in [0.1, 0.15) is 5.75 Å². The largest absolute Gasteiger partial charge is 0.424 e. The standard InChI is InChI=1S/C16H14BrN3O/c1-10-13(8-18)9-19-16(20-10)21-15-5-3-11-6-14(17)4-2-12(11)7-15/h2-7,9H,8,18H2,1H3. The van der Waals surface area contributed by atoms with Crippen molar-refractivity contribution >= 4 is 26.7 Å². The Balaban J connectivity index is 1.91. The molecule has 0 aliphatic heterocycles. The second-order valence-electron chi connectivity index (χ2n) is 4.72. The van der Waals surface area contributed by atoms with Gasteiger partial charge in [0.25, 0.3) is 0 Å². The minimum atomic E-state index is 0.334. The van der Waals surface area contributed by atoms with Gasteiger partial charge >= 0.3 is 6.01 Å². The van der Waals surface area contributed by atoms with E-state index in [1.165, 1.54) is 0 Å². The molecule has 4 nitrogen and oxygen atoms in total. The van der Waals surface area contributed by atoms with Gasteiger partial charge in [-0.1, -0.05) is 28.1 Å². The van der Waals surface area contributed by atoms with Crippen molar-refractivity contribution in [2.24, 2.45) is 5.73 Å². The van der Waals surface area contributed by atoms with E-state index >= 15 is 0 Å². The molecule has 0 unspecified atom stereocenters. The summed E-state index contributed by atoms with van der Waals surface area (Å²) in [6.07, 6.45) is 1.70. The lowest BCUT2D eigenvalue weighted by Gasteiger charge is -2.07. The Labute approximate surface area is 131 Å². The number of fused-ring (bicyclic) bond motifs is 1. The van der Waals surface area contributed by atoms with Crippen molar-refractivity contribution in [1.82, 2.24) is 9.97 Å². The van der Waals surface area contributed by atoms with Crippen LogP contribution in [0.5, 0.6) is 11.8 Å². The molecule has 1 heterocycles. The van der Waals surface area contributed by atoms with Crippen LogP contribution in [0.2, 0.25) is 0 Å². The molecule has 0 radical (unpaired) electrons. The molecule has 0 spiro atoms. The number of aryl methyl sites for hydroxylation is 1. The molecule has 1 aromatic heterocycles. The smallest absolute Gasteiger partial charge is 0.322 e. The van der Waals surface area contributed by atoms with Crippen molar-refractivity contribution in [3.8, 4) is 11.8 Å². The first-order chi connectivity index (χ1) is 10.2. The van der Waals surface area contributed by atoms with E-state index in [9.17, 15) is 0 Å². The zero-order valence-corrected chi connectivity index (χ0v) is 13.1. The molecular weight excluding hydrogens is 330 g/mol. The van der Waals surface area contributed by atoms with Crippen LogP contribution in [0.15, 0.2) is 47.1 Å². The van der Waals surface area contributed by atoms with Crippen LogP contribution in [-0.2, 0) is 6.54 Å². The number of hydrogen-bond donors (Lipinski definition) is 1. The second kappa shape index (κ2) is 5.79. The fourth-order valence-electron chi connectivity index (χ4n) is 2.08. The summed E-state index contributed by atoms with van der Waals surface area (Å²) in [7, 11) is 0. The third-order valence-electron chi connectivity index (χ3n) is 3.26. The summed E-state index contributed by atoms with van der Waals surface area (Å²) in [6.45, 7) is 2.33. The topological polar surface area (TPSA) is 61.0 Å². The Kier molecular flexibility index (Phi) is 3.86. The molecule has 0 aliphatic rings. The fraction of sp³-hybridized carbons (Fsp3) is 0.125. The normalized spacial score (nSPS) is 10.8. The molecule has 106 valence electrons. The van der Waals surface area contributed by atoms with Crippen LogP contribution in [0.25, 0.3) is 10.8 Å². The predicted molar refractivity (Wildman–Crippen MR) is 86.4 cm³/mol. The number of halogens is 1. The first kappa shape index (κ1) is 14.0. The van der Waals surface area contributed by atoms with Crippen LogP contribution < -0.4 is 10.5 Å². The first-order valence-electron chi connectivity index (χ1n) is 6.55. The van der Waals surface area contributed by atoms with Crippen LogP contribution in [0.4, 0.5) is 0 Å². The fourth-order valence-corrected chi connectivity index (χ4v) is 2.46. The van der Waals surface area contributed by atoms with E-state index < -0.39 is 0 Å². The molecule has 0 amide bonds. The molecule has 0 bridgehead atoms. The Bertz CT molecular complexity index is 805. The van der Waals surface area contributed by atoms with E-state index in [1.807, 2.05) is 37.3 Å². The average molecular weight is 344 g/mol. The summed E-state index contributed by atoms with van der Waals surface area (Å²) >= 11 is 3.46. The molecule has 0 fully saturated rings. The molecule has 3 aromatic rings. The maximum absolute atomic E-state index is 5.72. The van der Waals surface area contributed by atoms with Crippen molar-refractivity contribution in [3.63, 3.8) is 0 Å². The molecule has 0 saturated heterocycles. The second-order valence-corrected chi connectivity index (χ2v) is 5.64. The molecule has 0 aliphatic carbocycles. The first-order valence-corrected chi connectivity index (χ1v) is 7.35. The Morgan fingerprint density at radius 2 is 1.90 bits per heavy atom. The highest BCUT2D eigenvalue weighted by Crippen LogP contribution is 2.26. The van der Waals surface area contributed by atoms with E-state index in [0.717, 1.165) is 26.5 Å². The van der Waals surface area contributed by atoms with E-state index in [-0.39, 0.29) is 0 Å². The van der Waals surface area contributed by atoms with E-state index in [1.54, 1.807) is 6.20 Å². The Morgan fingerprint density at radius 1 is 1.14 bits per heavy atom. The maximum Gasteiger partial charge on any atom is 0.322 e. The van der Waals surface area contributed by atoms with Crippen molar-refractivity contribution in [2.75, 3.05) is 0 Å².